The summed E-state index contributed by atoms with van der Waals surface area (Å²) in [5.41, 5.74) is 4.51. The van der Waals surface area contributed by atoms with E-state index in [1.54, 1.807) is 9.80 Å². The molecule has 1 saturated heterocycles. The summed E-state index contributed by atoms with van der Waals surface area (Å²) < 4.78 is 0. The number of benzene rings is 3. The second kappa shape index (κ2) is 7.31. The third-order valence-electron chi connectivity index (χ3n) is 5.09. The van der Waals surface area contributed by atoms with Gasteiger partial charge in [-0.15, -0.1) is 0 Å². The minimum Gasteiger partial charge on any atom is -0.301 e. The van der Waals surface area contributed by atoms with Crippen LogP contribution in [0.25, 0.3) is 0 Å². The van der Waals surface area contributed by atoms with E-state index < -0.39 is 6.04 Å². The number of carbonyl (C=O) groups excluding carboxylic acids is 2. The Bertz CT molecular complexity index is 995. The summed E-state index contributed by atoms with van der Waals surface area (Å²) in [6.07, 6.45) is 0. The van der Waals surface area contributed by atoms with Crippen LogP contribution in [0.15, 0.2) is 78.9 Å². The van der Waals surface area contributed by atoms with Gasteiger partial charge in [-0.2, -0.15) is 0 Å². The number of piperazine rings is 1. The average Bonchev–Trinajstić information content (AvgIpc) is 2.71. The maximum Gasteiger partial charge on any atom is 0.255 e. The number of anilines is 2. The van der Waals surface area contributed by atoms with Gasteiger partial charge in [-0.3, -0.25) is 14.5 Å². The Labute approximate surface area is 165 Å². The zero-order valence-electron chi connectivity index (χ0n) is 16.0. The van der Waals surface area contributed by atoms with E-state index >= 15 is 0 Å². The molecule has 4 nitrogen and oxygen atoms in total. The van der Waals surface area contributed by atoms with Gasteiger partial charge < -0.3 is 4.90 Å². The number of carbonyl (C=O) groups is 2. The smallest absolute Gasteiger partial charge is 0.255 e. The average molecular weight is 370 g/mol. The van der Waals surface area contributed by atoms with Gasteiger partial charge in [0, 0.05) is 11.4 Å². The van der Waals surface area contributed by atoms with Crippen molar-refractivity contribution >= 4 is 23.2 Å². The van der Waals surface area contributed by atoms with Gasteiger partial charge in [0.25, 0.3) is 5.91 Å². The number of hydrogen-bond donors (Lipinski definition) is 0. The molecule has 2 amide bonds. The Morgan fingerprint density at radius 2 is 1.25 bits per heavy atom. The molecule has 28 heavy (non-hydrogen) atoms. The molecule has 1 aliphatic heterocycles. The van der Waals surface area contributed by atoms with Crippen molar-refractivity contribution in [1.29, 1.82) is 0 Å². The molecule has 140 valence electrons. The molecule has 0 unspecified atom stereocenters. The lowest BCUT2D eigenvalue weighted by molar-refractivity contribution is -0.128. The third-order valence-corrected chi connectivity index (χ3v) is 5.09. The molecular formula is C24H22N2O2. The topological polar surface area (TPSA) is 40.6 Å². The van der Waals surface area contributed by atoms with Crippen LogP contribution in [0.1, 0.15) is 22.7 Å². The van der Waals surface area contributed by atoms with Crippen LogP contribution in [-0.2, 0) is 9.59 Å². The first-order valence-electron chi connectivity index (χ1n) is 9.36. The normalized spacial score (nSPS) is 17.1. The molecule has 1 aliphatic rings. The van der Waals surface area contributed by atoms with Gasteiger partial charge in [0.15, 0.2) is 0 Å². The molecule has 0 bridgehead atoms. The van der Waals surface area contributed by atoms with E-state index in [2.05, 4.69) is 0 Å². The van der Waals surface area contributed by atoms with Crippen molar-refractivity contribution in [3.05, 3.63) is 95.6 Å². The highest BCUT2D eigenvalue weighted by Gasteiger charge is 2.41. The molecule has 0 aliphatic carbocycles. The molecule has 3 aromatic rings. The van der Waals surface area contributed by atoms with Gasteiger partial charge in [0.2, 0.25) is 5.91 Å². The summed E-state index contributed by atoms with van der Waals surface area (Å²) in [5, 5.41) is 0. The number of nitrogens with zero attached hydrogens (tertiary/aromatic N) is 2. The molecule has 1 heterocycles. The van der Waals surface area contributed by atoms with Gasteiger partial charge in [0.1, 0.15) is 12.6 Å². The fourth-order valence-electron chi connectivity index (χ4n) is 3.56. The lowest BCUT2D eigenvalue weighted by atomic mass is 9.99. The van der Waals surface area contributed by atoms with Gasteiger partial charge in [-0.05, 0) is 43.7 Å². The summed E-state index contributed by atoms with van der Waals surface area (Å²) in [4.78, 5) is 29.9. The predicted octanol–water partition coefficient (Wildman–Crippen LogP) is 4.42. The van der Waals surface area contributed by atoms with Crippen molar-refractivity contribution in [2.75, 3.05) is 16.3 Å². The van der Waals surface area contributed by atoms with Crippen molar-refractivity contribution in [2.45, 2.75) is 19.9 Å². The number of rotatable bonds is 3. The van der Waals surface area contributed by atoms with Crippen LogP contribution in [0.5, 0.6) is 0 Å². The summed E-state index contributed by atoms with van der Waals surface area (Å²) in [6, 6.07) is 24.2. The van der Waals surface area contributed by atoms with Crippen LogP contribution in [-0.4, -0.2) is 18.4 Å². The van der Waals surface area contributed by atoms with Gasteiger partial charge in [-0.1, -0.05) is 65.7 Å². The summed E-state index contributed by atoms with van der Waals surface area (Å²) in [7, 11) is 0. The molecule has 0 spiro atoms. The van der Waals surface area contributed by atoms with Crippen molar-refractivity contribution in [1.82, 2.24) is 0 Å². The van der Waals surface area contributed by atoms with Gasteiger partial charge in [-0.25, -0.2) is 0 Å². The van der Waals surface area contributed by atoms with E-state index in [0.717, 1.165) is 28.1 Å². The van der Waals surface area contributed by atoms with Crippen molar-refractivity contribution in [3.63, 3.8) is 0 Å². The van der Waals surface area contributed by atoms with Crippen molar-refractivity contribution in [3.8, 4) is 0 Å². The Kier molecular flexibility index (Phi) is 4.70. The minimum absolute atomic E-state index is 0.0269. The molecule has 4 rings (SSSR count). The zero-order chi connectivity index (χ0) is 19.7. The molecule has 0 N–H and O–H groups in total. The molecule has 1 fully saturated rings. The number of aryl methyl sites for hydroxylation is 2. The maximum absolute atomic E-state index is 13.5. The molecular weight excluding hydrogens is 348 g/mol. The van der Waals surface area contributed by atoms with Gasteiger partial charge in [0.05, 0.1) is 0 Å². The highest BCUT2D eigenvalue weighted by atomic mass is 16.2. The first kappa shape index (κ1) is 18.0. The molecule has 0 aromatic heterocycles. The second-order valence-corrected chi connectivity index (χ2v) is 7.17. The lowest BCUT2D eigenvalue weighted by Gasteiger charge is -2.40. The van der Waals surface area contributed by atoms with E-state index in [0.29, 0.717) is 0 Å². The molecule has 0 saturated carbocycles. The standard InChI is InChI=1S/C24H22N2O2/c1-17-8-12-20(13-9-17)25-16-22(27)26(21-14-10-18(2)11-15-21)23(24(25)28)19-6-4-3-5-7-19/h3-15,23H,16H2,1-2H3/t23-/m0/s1. The molecule has 3 aromatic carbocycles. The van der Waals surface area contributed by atoms with E-state index in [4.69, 9.17) is 0 Å². The van der Waals surface area contributed by atoms with Crippen LogP contribution in [0.2, 0.25) is 0 Å². The van der Waals surface area contributed by atoms with Crippen LogP contribution >= 0.6 is 0 Å². The molecule has 1 atom stereocenters. The third kappa shape index (κ3) is 3.29. The van der Waals surface area contributed by atoms with Crippen molar-refractivity contribution in [2.24, 2.45) is 0 Å². The zero-order valence-corrected chi connectivity index (χ0v) is 16.0. The van der Waals surface area contributed by atoms with Crippen LogP contribution in [0, 0.1) is 13.8 Å². The summed E-state index contributed by atoms with van der Waals surface area (Å²) >= 11 is 0. The Hall–Kier alpha value is -3.40. The SMILES string of the molecule is Cc1ccc(N2CC(=O)N(c3ccc(C)cc3)[C@@H](c3ccccc3)C2=O)cc1. The maximum atomic E-state index is 13.5. The van der Waals surface area contributed by atoms with Gasteiger partial charge >= 0.3 is 0 Å². The summed E-state index contributed by atoms with van der Waals surface area (Å²) in [5.74, 6) is -0.201. The molecule has 0 radical (unpaired) electrons. The first-order chi connectivity index (χ1) is 13.5. The Morgan fingerprint density at radius 3 is 1.82 bits per heavy atom. The Balaban J connectivity index is 1.79. The fourth-order valence-corrected chi connectivity index (χ4v) is 3.56. The van der Waals surface area contributed by atoms with E-state index in [9.17, 15) is 9.59 Å². The second-order valence-electron chi connectivity index (χ2n) is 7.17. The first-order valence-corrected chi connectivity index (χ1v) is 9.36. The van der Waals surface area contributed by atoms with Crippen LogP contribution in [0.4, 0.5) is 11.4 Å². The minimum atomic E-state index is -0.688. The molecule has 4 heteroatoms. The van der Waals surface area contributed by atoms with Crippen LogP contribution < -0.4 is 9.80 Å². The lowest BCUT2D eigenvalue weighted by Crippen LogP contribution is -2.56. The largest absolute Gasteiger partial charge is 0.301 e. The Morgan fingerprint density at radius 1 is 0.714 bits per heavy atom. The van der Waals surface area contributed by atoms with E-state index in [-0.39, 0.29) is 18.4 Å². The fraction of sp³-hybridized carbons (Fsp3) is 0.167. The highest BCUT2D eigenvalue weighted by molar-refractivity contribution is 6.14. The van der Waals surface area contributed by atoms with E-state index in [1.165, 1.54) is 0 Å². The predicted molar refractivity (Wildman–Crippen MR) is 111 cm³/mol. The monoisotopic (exact) mass is 370 g/mol. The number of amides is 2. The highest BCUT2D eigenvalue weighted by Crippen LogP contribution is 2.34. The number of hydrogen-bond acceptors (Lipinski definition) is 2. The van der Waals surface area contributed by atoms with E-state index in [1.807, 2.05) is 92.7 Å². The van der Waals surface area contributed by atoms with Crippen LogP contribution in [0.3, 0.4) is 0 Å². The summed E-state index contributed by atoms with van der Waals surface area (Å²) in [6.45, 7) is 4.03. The quantitative estimate of drug-likeness (QED) is 0.685. The van der Waals surface area contributed by atoms with Crippen molar-refractivity contribution < 1.29 is 9.59 Å².